The van der Waals surface area contributed by atoms with Crippen LogP contribution in [0.25, 0.3) is 0 Å². The van der Waals surface area contributed by atoms with Crippen LogP contribution in [0.4, 0.5) is 0 Å². The van der Waals surface area contributed by atoms with Crippen LogP contribution in [0.2, 0.25) is 5.02 Å². The predicted octanol–water partition coefficient (Wildman–Crippen LogP) is 5.07. The van der Waals surface area contributed by atoms with Gasteiger partial charge in [0.05, 0.1) is 17.7 Å². The minimum atomic E-state index is 0.310. The smallest absolute Gasteiger partial charge is 0.150 e. The fourth-order valence-corrected chi connectivity index (χ4v) is 2.13. The standard InChI is InChI=1S/C18H25ClO3/c1-4-14(3)21-10-8-15(5-2)9-11-22-18-7-6-16(13-20)12-17(18)19/h6-7,9,12-14H,4-5,8,10-11H2,1-3H3. The van der Waals surface area contributed by atoms with Crippen molar-refractivity contribution >= 4 is 17.9 Å². The summed E-state index contributed by atoms with van der Waals surface area (Å²) in [5.74, 6) is 0.592. The van der Waals surface area contributed by atoms with E-state index in [1.807, 2.05) is 0 Å². The Morgan fingerprint density at radius 2 is 2.14 bits per heavy atom. The first-order chi connectivity index (χ1) is 10.6. The average Bonchev–Trinajstić information content (AvgIpc) is 2.54. The van der Waals surface area contributed by atoms with E-state index in [2.05, 4.69) is 26.8 Å². The van der Waals surface area contributed by atoms with Crippen LogP contribution in [0.15, 0.2) is 29.8 Å². The Bertz CT molecular complexity index is 497. The normalized spacial score (nSPS) is 13.0. The molecule has 0 bridgehead atoms. The van der Waals surface area contributed by atoms with Gasteiger partial charge in [-0.15, -0.1) is 0 Å². The molecule has 1 aromatic rings. The zero-order chi connectivity index (χ0) is 16.4. The van der Waals surface area contributed by atoms with E-state index in [1.54, 1.807) is 18.2 Å². The number of carbonyl (C=O) groups is 1. The molecule has 0 aliphatic rings. The lowest BCUT2D eigenvalue weighted by Crippen LogP contribution is -2.08. The second-order valence-corrected chi connectivity index (χ2v) is 5.58. The lowest BCUT2D eigenvalue weighted by Gasteiger charge is -2.12. The number of halogens is 1. The molecule has 3 nitrogen and oxygen atoms in total. The van der Waals surface area contributed by atoms with Crippen LogP contribution in [0.5, 0.6) is 5.75 Å². The Hall–Kier alpha value is -1.32. The summed E-state index contributed by atoms with van der Waals surface area (Å²) in [6, 6.07) is 5.02. The summed E-state index contributed by atoms with van der Waals surface area (Å²) in [5, 5.41) is 0.455. The number of ether oxygens (including phenoxy) is 2. The third-order valence-corrected chi connectivity index (χ3v) is 3.85. The quantitative estimate of drug-likeness (QED) is 0.445. The summed E-state index contributed by atoms with van der Waals surface area (Å²) < 4.78 is 11.3. The van der Waals surface area contributed by atoms with E-state index in [1.165, 1.54) is 5.57 Å². The maximum atomic E-state index is 10.7. The first-order valence-electron chi connectivity index (χ1n) is 7.77. The molecule has 1 rings (SSSR count). The van der Waals surface area contributed by atoms with Gasteiger partial charge < -0.3 is 9.47 Å². The molecule has 0 spiro atoms. The molecular formula is C18H25ClO3. The van der Waals surface area contributed by atoms with E-state index < -0.39 is 0 Å². The molecule has 4 heteroatoms. The molecule has 1 atom stereocenters. The first-order valence-corrected chi connectivity index (χ1v) is 8.15. The molecule has 22 heavy (non-hydrogen) atoms. The van der Waals surface area contributed by atoms with E-state index in [9.17, 15) is 4.79 Å². The molecule has 0 amide bonds. The zero-order valence-electron chi connectivity index (χ0n) is 13.6. The van der Waals surface area contributed by atoms with Crippen molar-refractivity contribution in [3.63, 3.8) is 0 Å². The predicted molar refractivity (Wildman–Crippen MR) is 91.0 cm³/mol. The molecule has 122 valence electrons. The summed E-state index contributed by atoms with van der Waals surface area (Å²) in [6.45, 7) is 7.54. The van der Waals surface area contributed by atoms with Gasteiger partial charge in [0.1, 0.15) is 18.6 Å². The van der Waals surface area contributed by atoms with Crippen molar-refractivity contribution in [2.24, 2.45) is 0 Å². The van der Waals surface area contributed by atoms with Gasteiger partial charge in [0, 0.05) is 5.56 Å². The topological polar surface area (TPSA) is 35.5 Å². The molecule has 0 saturated carbocycles. The highest BCUT2D eigenvalue weighted by Crippen LogP contribution is 2.25. The van der Waals surface area contributed by atoms with Gasteiger partial charge in [-0.1, -0.05) is 31.0 Å². The van der Waals surface area contributed by atoms with Crippen molar-refractivity contribution in [1.82, 2.24) is 0 Å². The van der Waals surface area contributed by atoms with Crippen LogP contribution in [-0.4, -0.2) is 25.6 Å². The Labute approximate surface area is 138 Å². The Kier molecular flexibility index (Phi) is 8.86. The van der Waals surface area contributed by atoms with Gasteiger partial charge in [0.15, 0.2) is 0 Å². The first kappa shape index (κ1) is 18.7. The van der Waals surface area contributed by atoms with Crippen LogP contribution in [0, 0.1) is 0 Å². The lowest BCUT2D eigenvalue weighted by atomic mass is 10.1. The lowest BCUT2D eigenvalue weighted by molar-refractivity contribution is 0.0656. The van der Waals surface area contributed by atoms with Gasteiger partial charge in [-0.05, 0) is 50.5 Å². The summed E-state index contributed by atoms with van der Waals surface area (Å²) in [6.07, 6.45) is 6.08. The van der Waals surface area contributed by atoms with E-state index in [-0.39, 0.29) is 0 Å². The van der Waals surface area contributed by atoms with Gasteiger partial charge in [-0.3, -0.25) is 4.79 Å². The maximum Gasteiger partial charge on any atom is 0.150 e. The second-order valence-electron chi connectivity index (χ2n) is 5.17. The van der Waals surface area contributed by atoms with Crippen LogP contribution in [0.1, 0.15) is 50.4 Å². The highest BCUT2D eigenvalue weighted by molar-refractivity contribution is 6.32. The molecule has 0 saturated heterocycles. The monoisotopic (exact) mass is 324 g/mol. The second kappa shape index (κ2) is 10.4. The molecule has 1 unspecified atom stereocenters. The summed E-state index contributed by atoms with van der Waals surface area (Å²) >= 11 is 6.07. The van der Waals surface area contributed by atoms with E-state index >= 15 is 0 Å². The molecule has 0 heterocycles. The van der Waals surface area contributed by atoms with E-state index in [4.69, 9.17) is 21.1 Å². The number of carbonyl (C=O) groups excluding carboxylic acids is 1. The van der Waals surface area contributed by atoms with Crippen molar-refractivity contribution in [1.29, 1.82) is 0 Å². The minimum absolute atomic E-state index is 0.310. The number of aldehydes is 1. The summed E-state index contributed by atoms with van der Waals surface area (Å²) in [4.78, 5) is 10.7. The van der Waals surface area contributed by atoms with Gasteiger partial charge in [-0.25, -0.2) is 0 Å². The highest BCUT2D eigenvalue weighted by atomic mass is 35.5. The molecule has 0 aromatic heterocycles. The fraction of sp³-hybridized carbons (Fsp3) is 0.500. The van der Waals surface area contributed by atoms with E-state index in [0.29, 0.717) is 29.0 Å². The van der Waals surface area contributed by atoms with Crippen LogP contribution < -0.4 is 4.74 Å². The van der Waals surface area contributed by atoms with E-state index in [0.717, 1.165) is 32.2 Å². The Morgan fingerprint density at radius 1 is 1.36 bits per heavy atom. The number of benzene rings is 1. The average molecular weight is 325 g/mol. The summed E-state index contributed by atoms with van der Waals surface area (Å²) in [5.41, 5.74) is 1.85. The number of hydrogen-bond donors (Lipinski definition) is 0. The maximum absolute atomic E-state index is 10.7. The molecule has 0 aliphatic heterocycles. The number of rotatable bonds is 10. The van der Waals surface area contributed by atoms with Gasteiger partial charge in [-0.2, -0.15) is 0 Å². The SMILES string of the molecule is CCC(=CCOc1ccc(C=O)cc1Cl)CCOC(C)CC. The summed E-state index contributed by atoms with van der Waals surface area (Å²) in [7, 11) is 0. The largest absolute Gasteiger partial charge is 0.488 e. The Balaban J connectivity index is 2.46. The van der Waals surface area contributed by atoms with Crippen LogP contribution >= 0.6 is 11.6 Å². The van der Waals surface area contributed by atoms with Crippen molar-refractivity contribution in [2.45, 2.75) is 46.1 Å². The van der Waals surface area contributed by atoms with Crippen molar-refractivity contribution in [3.05, 3.63) is 40.4 Å². The molecule has 0 fully saturated rings. The van der Waals surface area contributed by atoms with Crippen molar-refractivity contribution in [3.8, 4) is 5.75 Å². The zero-order valence-corrected chi connectivity index (χ0v) is 14.4. The highest BCUT2D eigenvalue weighted by Gasteiger charge is 2.03. The molecule has 0 radical (unpaired) electrons. The minimum Gasteiger partial charge on any atom is -0.488 e. The van der Waals surface area contributed by atoms with Crippen LogP contribution in [-0.2, 0) is 4.74 Å². The molecular weight excluding hydrogens is 300 g/mol. The molecule has 0 aliphatic carbocycles. The fourth-order valence-electron chi connectivity index (χ4n) is 1.89. The van der Waals surface area contributed by atoms with Gasteiger partial charge >= 0.3 is 0 Å². The molecule has 0 N–H and O–H groups in total. The number of hydrogen-bond acceptors (Lipinski definition) is 3. The molecule has 1 aromatic carbocycles. The van der Waals surface area contributed by atoms with Crippen LogP contribution in [0.3, 0.4) is 0 Å². The van der Waals surface area contributed by atoms with Gasteiger partial charge in [0.2, 0.25) is 0 Å². The van der Waals surface area contributed by atoms with Crippen molar-refractivity contribution in [2.75, 3.05) is 13.2 Å². The van der Waals surface area contributed by atoms with Gasteiger partial charge in [0.25, 0.3) is 0 Å². The Morgan fingerprint density at radius 3 is 2.73 bits per heavy atom. The van der Waals surface area contributed by atoms with Crippen molar-refractivity contribution < 1.29 is 14.3 Å². The third-order valence-electron chi connectivity index (χ3n) is 3.56. The third kappa shape index (κ3) is 6.63.